The predicted molar refractivity (Wildman–Crippen MR) is 153 cm³/mol. The van der Waals surface area contributed by atoms with Crippen LogP contribution in [0.1, 0.15) is 48.3 Å². The van der Waals surface area contributed by atoms with Crippen LogP contribution in [0.15, 0.2) is 96.4 Å². The van der Waals surface area contributed by atoms with Crippen LogP contribution < -0.4 is 9.47 Å². The van der Waals surface area contributed by atoms with E-state index in [4.69, 9.17) is 9.47 Å². The lowest BCUT2D eigenvalue weighted by atomic mass is 9.90. The van der Waals surface area contributed by atoms with Crippen LogP contribution in [0.25, 0.3) is 11.1 Å². The van der Waals surface area contributed by atoms with Crippen molar-refractivity contribution in [1.29, 1.82) is 0 Å². The molecule has 0 radical (unpaired) electrons. The molecule has 2 heterocycles. The van der Waals surface area contributed by atoms with E-state index in [0.717, 1.165) is 6.07 Å². The number of carbonyl (C=O) groups excluding carboxylic acids is 1. The second-order valence-electron chi connectivity index (χ2n) is 10.1. The molecule has 0 amide bonds. The molecule has 2 aliphatic rings. The van der Waals surface area contributed by atoms with Crippen molar-refractivity contribution in [3.05, 3.63) is 142 Å². The molecule has 0 aliphatic carbocycles. The number of fused-ring (bicyclic) bond motifs is 2. The Morgan fingerprint density at radius 1 is 0.705 bits per heavy atom. The van der Waals surface area contributed by atoms with Crippen molar-refractivity contribution in [1.82, 2.24) is 0 Å². The zero-order valence-corrected chi connectivity index (χ0v) is 23.4. The summed E-state index contributed by atoms with van der Waals surface area (Å²) in [6.07, 6.45) is -3.80. The fourth-order valence-electron chi connectivity index (χ4n) is 5.10. The van der Waals surface area contributed by atoms with Crippen LogP contribution in [0, 0.1) is 23.3 Å². The number of hydrogen-bond acceptors (Lipinski definition) is 6. The number of ether oxygens (including phenoxy) is 2. The van der Waals surface area contributed by atoms with E-state index in [1.165, 1.54) is 86.6 Å². The Kier molecular flexibility index (Phi) is 8.68. The summed E-state index contributed by atoms with van der Waals surface area (Å²) in [5.74, 6) is -2.55. The first-order valence-electron chi connectivity index (χ1n) is 13.5. The number of aliphatic hydroxyl groups is 3. The molecule has 6 rings (SSSR count). The molecule has 0 bridgehead atoms. The van der Waals surface area contributed by atoms with Crippen molar-refractivity contribution >= 4 is 16.9 Å². The minimum Gasteiger partial charge on any atom is -0.458 e. The first-order chi connectivity index (χ1) is 21.0. The van der Waals surface area contributed by atoms with Crippen LogP contribution in [0.5, 0.6) is 11.5 Å². The molecule has 6 nitrogen and oxygen atoms in total. The Balaban J connectivity index is 0.000000175. The molecule has 3 atom stereocenters. The Bertz CT molecular complexity index is 1810. The molecule has 44 heavy (non-hydrogen) atoms. The zero-order valence-electron chi connectivity index (χ0n) is 23.4. The normalized spacial score (nSPS) is 17.8. The first kappa shape index (κ1) is 30.7. The van der Waals surface area contributed by atoms with Crippen molar-refractivity contribution < 1.29 is 47.1 Å². The Morgan fingerprint density at radius 2 is 1.16 bits per heavy atom. The zero-order chi connectivity index (χ0) is 31.7. The molecule has 2 unspecified atom stereocenters. The van der Waals surface area contributed by atoms with E-state index in [2.05, 4.69) is 0 Å². The van der Waals surface area contributed by atoms with E-state index in [-0.39, 0.29) is 50.9 Å². The molecule has 0 saturated heterocycles. The van der Waals surface area contributed by atoms with E-state index in [1.54, 1.807) is 6.07 Å². The Labute approximate surface area is 249 Å². The largest absolute Gasteiger partial charge is 0.458 e. The summed E-state index contributed by atoms with van der Waals surface area (Å²) in [6.45, 7) is 2.73. The molecule has 4 aromatic rings. The smallest absolute Gasteiger partial charge is 0.195 e. The lowest BCUT2D eigenvalue weighted by Gasteiger charge is -2.29. The van der Waals surface area contributed by atoms with Crippen molar-refractivity contribution in [2.45, 2.75) is 32.2 Å². The van der Waals surface area contributed by atoms with Gasteiger partial charge in [-0.1, -0.05) is 36.4 Å². The lowest BCUT2D eigenvalue weighted by molar-refractivity contribution is -0.115. The number of hydrogen-bond donors (Lipinski definition) is 3. The van der Waals surface area contributed by atoms with Gasteiger partial charge in [-0.15, -0.1) is 0 Å². The summed E-state index contributed by atoms with van der Waals surface area (Å²) in [5, 5.41) is 31.0. The van der Waals surface area contributed by atoms with Gasteiger partial charge in [0.05, 0.1) is 11.1 Å². The lowest BCUT2D eigenvalue weighted by Crippen LogP contribution is -2.22. The Morgan fingerprint density at radius 3 is 1.64 bits per heavy atom. The maximum absolute atomic E-state index is 14.0. The second-order valence-corrected chi connectivity index (χ2v) is 10.1. The van der Waals surface area contributed by atoms with Crippen molar-refractivity contribution in [3.63, 3.8) is 0 Å². The molecule has 0 spiro atoms. The van der Waals surface area contributed by atoms with Gasteiger partial charge in [0, 0.05) is 18.1 Å². The first-order valence-corrected chi connectivity index (χ1v) is 13.5. The number of rotatable bonds is 4. The summed E-state index contributed by atoms with van der Waals surface area (Å²) in [5.41, 5.74) is 0.735. The maximum Gasteiger partial charge on any atom is 0.195 e. The van der Waals surface area contributed by atoms with Gasteiger partial charge in [-0.05, 0) is 66.6 Å². The van der Waals surface area contributed by atoms with Gasteiger partial charge in [0.15, 0.2) is 11.5 Å². The molecule has 0 saturated carbocycles. The third-order valence-electron chi connectivity index (χ3n) is 7.03. The van der Waals surface area contributed by atoms with Crippen LogP contribution in [-0.2, 0) is 4.79 Å². The van der Waals surface area contributed by atoms with Crippen LogP contribution in [-0.4, -0.2) is 27.2 Å². The predicted octanol–water partition coefficient (Wildman–Crippen LogP) is 6.57. The van der Waals surface area contributed by atoms with Crippen LogP contribution in [0.4, 0.5) is 17.6 Å². The van der Waals surface area contributed by atoms with Crippen molar-refractivity contribution in [2.75, 3.05) is 0 Å². The van der Waals surface area contributed by atoms with Gasteiger partial charge in [-0.2, -0.15) is 0 Å². The highest BCUT2D eigenvalue weighted by molar-refractivity contribution is 6.01. The van der Waals surface area contributed by atoms with Crippen molar-refractivity contribution in [2.24, 2.45) is 0 Å². The molecule has 10 heteroatoms. The van der Waals surface area contributed by atoms with E-state index >= 15 is 0 Å². The second kappa shape index (κ2) is 12.5. The molecule has 0 aromatic heterocycles. The van der Waals surface area contributed by atoms with Gasteiger partial charge >= 0.3 is 0 Å². The van der Waals surface area contributed by atoms with Gasteiger partial charge < -0.3 is 24.8 Å². The van der Waals surface area contributed by atoms with Crippen LogP contribution >= 0.6 is 0 Å². The molecule has 2 aliphatic heterocycles. The van der Waals surface area contributed by atoms with Gasteiger partial charge in [-0.3, -0.25) is 4.79 Å². The molecule has 226 valence electrons. The molecule has 3 N–H and O–H groups in total. The summed E-state index contributed by atoms with van der Waals surface area (Å²) in [7, 11) is 0. The van der Waals surface area contributed by atoms with E-state index in [1.807, 2.05) is 0 Å². The number of allylic oxidation sites excluding steroid dienone is 1. The average molecular weight is 607 g/mol. The highest BCUT2D eigenvalue weighted by Crippen LogP contribution is 2.45. The summed E-state index contributed by atoms with van der Waals surface area (Å²) in [4.78, 5) is 11.8. The van der Waals surface area contributed by atoms with Gasteiger partial charge in [0.2, 0.25) is 0 Å². The summed E-state index contributed by atoms with van der Waals surface area (Å²) < 4.78 is 66.0. The number of ketones is 1. The highest BCUT2D eigenvalue weighted by atomic mass is 19.1. The van der Waals surface area contributed by atoms with E-state index in [0.29, 0.717) is 5.56 Å². The van der Waals surface area contributed by atoms with Gasteiger partial charge in [0.25, 0.3) is 0 Å². The number of aliphatic hydroxyl groups excluding tert-OH is 3. The summed E-state index contributed by atoms with van der Waals surface area (Å²) >= 11 is 0. The monoisotopic (exact) mass is 606 g/mol. The number of halogens is 4. The molecular formula is C34H26F4O6. The fourth-order valence-corrected chi connectivity index (χ4v) is 5.10. The number of carbonyl (C=O) groups is 1. The van der Waals surface area contributed by atoms with Gasteiger partial charge in [0.1, 0.15) is 58.8 Å². The molecule has 0 fully saturated rings. The van der Waals surface area contributed by atoms with E-state index < -0.39 is 47.4 Å². The quantitative estimate of drug-likeness (QED) is 0.228. The summed E-state index contributed by atoms with van der Waals surface area (Å²) in [6, 6.07) is 19.1. The van der Waals surface area contributed by atoms with Crippen LogP contribution in [0.2, 0.25) is 0 Å². The fraction of sp³-hybridized carbons (Fsp3) is 0.147. The maximum atomic E-state index is 14.0. The topological polar surface area (TPSA) is 96.2 Å². The number of Topliss-reactive ketones (excluding diaryl/α,β-unsaturated/α-hetero) is 1. The van der Waals surface area contributed by atoms with E-state index in [9.17, 15) is 37.7 Å². The third-order valence-corrected chi connectivity index (χ3v) is 7.03. The molecular weight excluding hydrogens is 580 g/mol. The van der Waals surface area contributed by atoms with Crippen molar-refractivity contribution in [3.8, 4) is 11.5 Å². The minimum atomic E-state index is -1.41. The van der Waals surface area contributed by atoms with Gasteiger partial charge in [-0.25, -0.2) is 17.6 Å². The average Bonchev–Trinajstić information content (AvgIpc) is 2.97. The Hall–Kier alpha value is -4.77. The number of benzene rings is 4. The SMILES string of the molecule is CC(=O)C1=C(c2cccc(F)c2)C(O)c2c(F)cccc2O1.C[C@@H](O)C1=C(c2cccc(F)c2)C(O)c2c(F)cccc2O1. The standard InChI is InChI=1S/C17H14F2O3.C17H12F2O3/c2*1-9(20)17-14(10-4-2-5-11(18)8-10)16(21)15-12(19)6-3-7-13(15)22-17/h2-9,16,20-21H,1H3;2-8,16,21H,1H3/t9-,16?;/m1./s1. The third kappa shape index (κ3) is 5.87. The minimum absolute atomic E-state index is 0.0221. The molecule has 4 aromatic carbocycles. The highest BCUT2D eigenvalue weighted by Gasteiger charge is 2.35. The van der Waals surface area contributed by atoms with Crippen LogP contribution in [0.3, 0.4) is 0 Å².